The van der Waals surface area contributed by atoms with Crippen LogP contribution >= 0.6 is 27.3 Å². The molecular formula is C9H10BrNS. The number of rotatable bonds is 3. The van der Waals surface area contributed by atoms with Crippen molar-refractivity contribution in [2.45, 2.75) is 19.8 Å². The number of thiophene rings is 1. The maximum Gasteiger partial charge on any atom is 0.0659 e. The minimum absolute atomic E-state index is 0.176. The van der Waals surface area contributed by atoms with Crippen molar-refractivity contribution >= 4 is 27.3 Å². The molecule has 64 valence electrons. The second-order valence-electron chi connectivity index (χ2n) is 2.67. The van der Waals surface area contributed by atoms with Gasteiger partial charge in [0.2, 0.25) is 0 Å². The number of hydrogen-bond donors (Lipinski definition) is 0. The lowest BCUT2D eigenvalue weighted by Crippen LogP contribution is -1.97. The van der Waals surface area contributed by atoms with Crippen LogP contribution in [0, 0.1) is 17.2 Å². The summed E-state index contributed by atoms with van der Waals surface area (Å²) in [5.41, 5.74) is 0. The van der Waals surface area contributed by atoms with Gasteiger partial charge in [0, 0.05) is 14.7 Å². The Morgan fingerprint density at radius 2 is 2.50 bits per heavy atom. The second kappa shape index (κ2) is 4.64. The zero-order chi connectivity index (χ0) is 8.97. The normalized spacial score (nSPS) is 12.4. The Kier molecular flexibility index (Phi) is 3.77. The topological polar surface area (TPSA) is 23.8 Å². The van der Waals surface area contributed by atoms with Crippen LogP contribution in [0.25, 0.3) is 0 Å². The maximum atomic E-state index is 8.74. The van der Waals surface area contributed by atoms with Crippen molar-refractivity contribution in [1.29, 1.82) is 5.26 Å². The highest BCUT2D eigenvalue weighted by atomic mass is 79.9. The molecule has 3 heteroatoms. The van der Waals surface area contributed by atoms with Gasteiger partial charge in [0.05, 0.1) is 12.0 Å². The van der Waals surface area contributed by atoms with E-state index in [0.29, 0.717) is 0 Å². The molecule has 0 aromatic carbocycles. The second-order valence-corrected chi connectivity index (χ2v) is 4.58. The Morgan fingerprint density at radius 1 is 1.75 bits per heavy atom. The molecular weight excluding hydrogens is 234 g/mol. The highest BCUT2D eigenvalue weighted by molar-refractivity contribution is 9.10. The van der Waals surface area contributed by atoms with Crippen LogP contribution in [0.2, 0.25) is 0 Å². The summed E-state index contributed by atoms with van der Waals surface area (Å²) in [6.45, 7) is 2.05. The molecule has 0 amide bonds. The summed E-state index contributed by atoms with van der Waals surface area (Å²) < 4.78 is 1.12. The smallest absolute Gasteiger partial charge is 0.0659 e. The Labute approximate surface area is 85.2 Å². The van der Waals surface area contributed by atoms with E-state index in [1.54, 1.807) is 11.3 Å². The molecule has 1 unspecified atom stereocenters. The van der Waals surface area contributed by atoms with Gasteiger partial charge >= 0.3 is 0 Å². The van der Waals surface area contributed by atoms with Gasteiger partial charge < -0.3 is 0 Å². The molecule has 0 aliphatic rings. The molecule has 0 aliphatic carbocycles. The van der Waals surface area contributed by atoms with Gasteiger partial charge in [0.15, 0.2) is 0 Å². The molecule has 0 radical (unpaired) electrons. The van der Waals surface area contributed by atoms with E-state index >= 15 is 0 Å². The zero-order valence-corrected chi connectivity index (χ0v) is 9.28. The molecule has 0 saturated heterocycles. The van der Waals surface area contributed by atoms with E-state index in [2.05, 4.69) is 40.4 Å². The van der Waals surface area contributed by atoms with Gasteiger partial charge in [0.25, 0.3) is 0 Å². The predicted molar refractivity (Wildman–Crippen MR) is 55.1 cm³/mol. The van der Waals surface area contributed by atoms with Crippen molar-refractivity contribution in [3.8, 4) is 6.07 Å². The highest BCUT2D eigenvalue weighted by Gasteiger charge is 2.06. The Hall–Kier alpha value is -0.330. The Morgan fingerprint density at radius 3 is 2.92 bits per heavy atom. The average Bonchev–Trinajstić information content (AvgIpc) is 2.47. The fraction of sp³-hybridized carbons (Fsp3) is 0.444. The molecule has 0 spiro atoms. The van der Waals surface area contributed by atoms with Crippen LogP contribution in [-0.2, 0) is 6.42 Å². The van der Waals surface area contributed by atoms with Crippen LogP contribution in [0.4, 0.5) is 0 Å². The summed E-state index contributed by atoms with van der Waals surface area (Å²) in [7, 11) is 0. The zero-order valence-electron chi connectivity index (χ0n) is 6.88. The molecule has 0 N–H and O–H groups in total. The molecule has 0 bridgehead atoms. The monoisotopic (exact) mass is 243 g/mol. The molecule has 1 rings (SSSR count). The van der Waals surface area contributed by atoms with Gasteiger partial charge in [-0.1, -0.05) is 6.92 Å². The highest BCUT2D eigenvalue weighted by Crippen LogP contribution is 2.23. The minimum atomic E-state index is 0.176. The van der Waals surface area contributed by atoms with Crippen molar-refractivity contribution < 1.29 is 0 Å². The van der Waals surface area contributed by atoms with Gasteiger partial charge in [0.1, 0.15) is 0 Å². The van der Waals surface area contributed by atoms with Crippen molar-refractivity contribution in [2.75, 3.05) is 0 Å². The fourth-order valence-electron chi connectivity index (χ4n) is 0.985. The molecule has 1 heterocycles. The summed E-state index contributed by atoms with van der Waals surface area (Å²) in [5.74, 6) is 0.176. The molecule has 1 atom stereocenters. The summed E-state index contributed by atoms with van der Waals surface area (Å²) in [5, 5.41) is 10.8. The Balaban J connectivity index is 2.58. The molecule has 1 nitrogen and oxygen atoms in total. The van der Waals surface area contributed by atoms with Gasteiger partial charge in [-0.15, -0.1) is 11.3 Å². The largest absolute Gasteiger partial charge is 0.198 e. The van der Waals surface area contributed by atoms with E-state index in [1.807, 2.05) is 0 Å². The lowest BCUT2D eigenvalue weighted by atomic mass is 10.0. The molecule has 12 heavy (non-hydrogen) atoms. The molecule has 1 aromatic rings. The maximum absolute atomic E-state index is 8.74. The SMILES string of the molecule is CCC(C#N)Cc1cc(Br)cs1. The van der Waals surface area contributed by atoms with Crippen LogP contribution in [0.1, 0.15) is 18.2 Å². The van der Waals surface area contributed by atoms with Crippen molar-refractivity contribution in [3.05, 3.63) is 20.8 Å². The first kappa shape index (κ1) is 9.76. The van der Waals surface area contributed by atoms with Crippen LogP contribution in [-0.4, -0.2) is 0 Å². The molecule has 0 fully saturated rings. The van der Waals surface area contributed by atoms with Crippen molar-refractivity contribution in [3.63, 3.8) is 0 Å². The number of nitriles is 1. The van der Waals surface area contributed by atoms with E-state index in [0.717, 1.165) is 17.3 Å². The number of halogens is 1. The summed E-state index contributed by atoms with van der Waals surface area (Å²) >= 11 is 5.10. The van der Waals surface area contributed by atoms with Gasteiger partial charge in [-0.25, -0.2) is 0 Å². The van der Waals surface area contributed by atoms with Crippen LogP contribution in [0.5, 0.6) is 0 Å². The van der Waals surface area contributed by atoms with Crippen molar-refractivity contribution in [1.82, 2.24) is 0 Å². The van der Waals surface area contributed by atoms with E-state index < -0.39 is 0 Å². The molecule has 1 aromatic heterocycles. The lowest BCUT2D eigenvalue weighted by Gasteiger charge is -2.01. The van der Waals surface area contributed by atoms with E-state index in [9.17, 15) is 0 Å². The summed E-state index contributed by atoms with van der Waals surface area (Å²) in [6.07, 6.45) is 1.83. The Bertz CT molecular complexity index is 287. The first-order valence-electron chi connectivity index (χ1n) is 3.88. The lowest BCUT2D eigenvalue weighted by molar-refractivity contribution is 0.644. The third-order valence-electron chi connectivity index (χ3n) is 1.74. The third kappa shape index (κ3) is 2.62. The molecule has 0 aliphatic heterocycles. The van der Waals surface area contributed by atoms with E-state index in [4.69, 9.17) is 5.26 Å². The van der Waals surface area contributed by atoms with Gasteiger partial charge in [-0.05, 0) is 34.8 Å². The van der Waals surface area contributed by atoms with E-state index in [1.165, 1.54) is 4.88 Å². The van der Waals surface area contributed by atoms with E-state index in [-0.39, 0.29) is 5.92 Å². The quantitative estimate of drug-likeness (QED) is 0.796. The number of hydrogen-bond acceptors (Lipinski definition) is 2. The van der Waals surface area contributed by atoms with Gasteiger partial charge in [-0.3, -0.25) is 0 Å². The van der Waals surface area contributed by atoms with Crippen LogP contribution in [0.15, 0.2) is 15.9 Å². The average molecular weight is 244 g/mol. The summed E-state index contributed by atoms with van der Waals surface area (Å²) in [6, 6.07) is 4.39. The fourth-order valence-corrected chi connectivity index (χ4v) is 2.52. The molecule has 0 saturated carbocycles. The van der Waals surface area contributed by atoms with Crippen LogP contribution in [0.3, 0.4) is 0 Å². The van der Waals surface area contributed by atoms with Gasteiger partial charge in [-0.2, -0.15) is 5.26 Å². The summed E-state index contributed by atoms with van der Waals surface area (Å²) in [4.78, 5) is 1.29. The minimum Gasteiger partial charge on any atom is -0.198 e. The standard InChI is InChI=1S/C9H10BrNS/c1-2-7(5-11)3-9-4-8(10)6-12-9/h4,6-7H,2-3H2,1H3. The third-order valence-corrected chi connectivity index (χ3v) is 3.46. The van der Waals surface area contributed by atoms with Crippen LogP contribution < -0.4 is 0 Å². The first-order valence-corrected chi connectivity index (χ1v) is 5.56. The predicted octanol–water partition coefficient (Wildman–Crippen LogP) is 3.60. The first-order chi connectivity index (χ1) is 5.76. The number of nitrogens with zero attached hydrogens (tertiary/aromatic N) is 1. The van der Waals surface area contributed by atoms with Crippen molar-refractivity contribution in [2.24, 2.45) is 5.92 Å².